The number of imide groups is 2. The zero-order chi connectivity index (χ0) is 29.1. The number of amides is 4. The number of aromatic hydroxyl groups is 1. The number of hydrogen-bond donors (Lipinski definition) is 1. The summed E-state index contributed by atoms with van der Waals surface area (Å²) in [7, 11) is 0. The van der Waals surface area contributed by atoms with E-state index in [1.54, 1.807) is 6.08 Å². The van der Waals surface area contributed by atoms with Gasteiger partial charge in [-0.25, -0.2) is 0 Å². The van der Waals surface area contributed by atoms with Gasteiger partial charge in [-0.2, -0.15) is 0 Å². The lowest BCUT2D eigenvalue weighted by Crippen LogP contribution is -2.43. The molecule has 4 heterocycles. The second-order valence-electron chi connectivity index (χ2n) is 11.6. The fourth-order valence-corrected chi connectivity index (χ4v) is 9.06. The van der Waals surface area contributed by atoms with Crippen molar-refractivity contribution >= 4 is 46.3 Å². The van der Waals surface area contributed by atoms with Crippen molar-refractivity contribution in [3.05, 3.63) is 98.4 Å². The fourth-order valence-electron chi connectivity index (χ4n) is 7.68. The van der Waals surface area contributed by atoms with E-state index in [9.17, 15) is 24.3 Å². The minimum Gasteiger partial charge on any atom is -0.507 e. The van der Waals surface area contributed by atoms with E-state index in [2.05, 4.69) is 6.58 Å². The lowest BCUT2D eigenvalue weighted by molar-refractivity contribution is -0.142. The SMILES string of the molecule is C=CCc1cccc([C@H]2C3=CC[C@@H]4C(=O)N(Cc5cccs5)C(=O)[C@@H]4[C@@H]3C[C@H]3C(=O)N(Cc4cccs4)C(=O)[C@@H]23)c1O. The third kappa shape index (κ3) is 4.13. The van der Waals surface area contributed by atoms with E-state index in [0.717, 1.165) is 15.3 Å². The van der Waals surface area contributed by atoms with Gasteiger partial charge in [-0.1, -0.05) is 48.1 Å². The molecule has 2 aromatic heterocycles. The van der Waals surface area contributed by atoms with Crippen molar-refractivity contribution in [3.8, 4) is 5.75 Å². The van der Waals surface area contributed by atoms with Crippen molar-refractivity contribution in [1.29, 1.82) is 0 Å². The molecule has 3 fully saturated rings. The highest BCUT2D eigenvalue weighted by Crippen LogP contribution is 2.59. The lowest BCUT2D eigenvalue weighted by Gasteiger charge is -2.44. The Morgan fingerprint density at radius 2 is 1.45 bits per heavy atom. The maximum atomic E-state index is 14.1. The molecule has 6 atom stereocenters. The third-order valence-electron chi connectivity index (χ3n) is 9.47. The number of allylic oxidation sites excluding steroid dienone is 3. The molecule has 214 valence electrons. The highest BCUT2D eigenvalue weighted by molar-refractivity contribution is 7.10. The van der Waals surface area contributed by atoms with Crippen molar-refractivity contribution in [3.63, 3.8) is 0 Å². The third-order valence-corrected chi connectivity index (χ3v) is 11.2. The van der Waals surface area contributed by atoms with Gasteiger partial charge in [0.2, 0.25) is 23.6 Å². The molecule has 9 heteroatoms. The van der Waals surface area contributed by atoms with E-state index in [-0.39, 0.29) is 48.4 Å². The zero-order valence-electron chi connectivity index (χ0n) is 22.8. The van der Waals surface area contributed by atoms with Gasteiger partial charge in [0.05, 0.1) is 36.8 Å². The fraction of sp³-hybridized carbons (Fsp3) is 0.333. The van der Waals surface area contributed by atoms with Crippen LogP contribution in [0.5, 0.6) is 5.75 Å². The maximum absolute atomic E-state index is 14.1. The van der Waals surface area contributed by atoms with Crippen molar-refractivity contribution in [2.75, 3.05) is 0 Å². The van der Waals surface area contributed by atoms with Crippen LogP contribution in [0.1, 0.15) is 39.6 Å². The van der Waals surface area contributed by atoms with Gasteiger partial charge in [0.15, 0.2) is 0 Å². The number of benzene rings is 1. The average Bonchev–Trinajstić information content (AvgIpc) is 3.78. The van der Waals surface area contributed by atoms with Crippen LogP contribution in [0.25, 0.3) is 0 Å². The zero-order valence-corrected chi connectivity index (χ0v) is 24.5. The Morgan fingerprint density at radius 3 is 2.07 bits per heavy atom. The normalized spacial score (nSPS) is 28.5. The Hall–Kier alpha value is -3.82. The standard InChI is InChI=1S/C33H30N2O5S2/c1-2-6-18-7-3-10-22(29(18)36)26-21-11-12-23-27(32(39)34(30(23)37)16-19-8-4-13-41-19)24(21)15-25-28(26)33(40)35(31(25)38)17-20-9-5-14-42-20/h2-5,7-11,13-14,23-28,36H,1,6,12,15-17H2/t23-,24+,25+,26+,27-,28+/m0/s1. The molecule has 0 unspecified atom stereocenters. The van der Waals surface area contributed by atoms with Crippen LogP contribution in [0, 0.1) is 29.6 Å². The lowest BCUT2D eigenvalue weighted by atomic mass is 9.57. The van der Waals surface area contributed by atoms with Gasteiger partial charge in [0.1, 0.15) is 5.75 Å². The van der Waals surface area contributed by atoms with E-state index >= 15 is 0 Å². The predicted octanol–water partition coefficient (Wildman–Crippen LogP) is 5.28. The number of rotatable bonds is 7. The number of carbonyl (C=O) groups is 4. The molecular formula is C33H30N2O5S2. The van der Waals surface area contributed by atoms with Crippen molar-refractivity contribution < 1.29 is 24.3 Å². The van der Waals surface area contributed by atoms with Gasteiger partial charge >= 0.3 is 0 Å². The predicted molar refractivity (Wildman–Crippen MR) is 159 cm³/mol. The molecule has 4 aliphatic rings. The van der Waals surface area contributed by atoms with Gasteiger partial charge in [-0.05, 0) is 53.6 Å². The molecule has 2 aliphatic heterocycles. The molecule has 0 bridgehead atoms. The topological polar surface area (TPSA) is 95.0 Å². The second-order valence-corrected chi connectivity index (χ2v) is 13.6. The number of carbonyl (C=O) groups excluding carboxylic acids is 4. The monoisotopic (exact) mass is 598 g/mol. The molecule has 0 radical (unpaired) electrons. The number of para-hydroxylation sites is 1. The van der Waals surface area contributed by atoms with Crippen molar-refractivity contribution in [2.24, 2.45) is 29.6 Å². The minimum atomic E-state index is -0.684. The number of phenols is 1. The summed E-state index contributed by atoms with van der Waals surface area (Å²) in [6, 6.07) is 13.1. The Labute approximate surface area is 251 Å². The molecule has 2 aliphatic carbocycles. The maximum Gasteiger partial charge on any atom is 0.234 e. The van der Waals surface area contributed by atoms with Crippen LogP contribution in [0.2, 0.25) is 0 Å². The molecule has 7 rings (SSSR count). The second kappa shape index (κ2) is 10.5. The summed E-state index contributed by atoms with van der Waals surface area (Å²) in [5, 5.41) is 15.3. The molecule has 7 nitrogen and oxygen atoms in total. The van der Waals surface area contributed by atoms with Crippen LogP contribution in [-0.2, 0) is 38.7 Å². The smallest absolute Gasteiger partial charge is 0.234 e. The molecule has 3 aromatic rings. The largest absolute Gasteiger partial charge is 0.507 e. The van der Waals surface area contributed by atoms with Crippen LogP contribution < -0.4 is 0 Å². The summed E-state index contributed by atoms with van der Waals surface area (Å²) >= 11 is 3.00. The number of nitrogens with zero attached hydrogens (tertiary/aromatic N) is 2. The first kappa shape index (κ1) is 27.0. The van der Waals surface area contributed by atoms with Crippen molar-refractivity contribution in [2.45, 2.75) is 38.3 Å². The minimum absolute atomic E-state index is 0.0925. The molecule has 1 aromatic carbocycles. The van der Waals surface area contributed by atoms with Crippen LogP contribution in [0.15, 0.2) is 77.5 Å². The average molecular weight is 599 g/mol. The highest BCUT2D eigenvalue weighted by Gasteiger charge is 2.62. The number of hydrogen-bond acceptors (Lipinski definition) is 7. The van der Waals surface area contributed by atoms with E-state index in [1.165, 1.54) is 32.5 Å². The summed E-state index contributed by atoms with van der Waals surface area (Å²) in [4.78, 5) is 60.1. The Morgan fingerprint density at radius 1 is 0.810 bits per heavy atom. The number of fused-ring (bicyclic) bond motifs is 4. The first-order chi connectivity index (χ1) is 20.4. The molecule has 4 amide bonds. The van der Waals surface area contributed by atoms with E-state index in [4.69, 9.17) is 0 Å². The van der Waals surface area contributed by atoms with Gasteiger partial charge in [0.25, 0.3) is 0 Å². The summed E-state index contributed by atoms with van der Waals surface area (Å²) in [5.41, 5.74) is 2.17. The summed E-state index contributed by atoms with van der Waals surface area (Å²) in [6.07, 6.45) is 4.91. The summed E-state index contributed by atoms with van der Waals surface area (Å²) < 4.78 is 0. The number of thiophene rings is 2. The summed E-state index contributed by atoms with van der Waals surface area (Å²) in [6.45, 7) is 4.26. The van der Waals surface area contributed by atoms with E-state index in [0.29, 0.717) is 30.4 Å². The molecule has 1 N–H and O–H groups in total. The van der Waals surface area contributed by atoms with Crippen LogP contribution >= 0.6 is 22.7 Å². The van der Waals surface area contributed by atoms with E-state index in [1.807, 2.05) is 59.3 Å². The summed E-state index contributed by atoms with van der Waals surface area (Å²) in [5.74, 6) is -4.11. The van der Waals surface area contributed by atoms with E-state index < -0.39 is 29.6 Å². The number of phenolic OH excluding ortho intramolecular Hbond substituents is 1. The molecular weight excluding hydrogens is 569 g/mol. The van der Waals surface area contributed by atoms with Crippen LogP contribution in [-0.4, -0.2) is 38.5 Å². The molecule has 42 heavy (non-hydrogen) atoms. The molecule has 2 saturated heterocycles. The van der Waals surface area contributed by atoms with Crippen LogP contribution in [0.3, 0.4) is 0 Å². The Bertz CT molecular complexity index is 1630. The highest BCUT2D eigenvalue weighted by atomic mass is 32.1. The number of likely N-dealkylation sites (tertiary alicyclic amines) is 2. The van der Waals surface area contributed by atoms with Gasteiger partial charge in [-0.3, -0.25) is 29.0 Å². The Kier molecular flexibility index (Phi) is 6.74. The first-order valence-corrected chi connectivity index (χ1v) is 16.0. The van der Waals surface area contributed by atoms with Gasteiger partial charge in [0, 0.05) is 21.2 Å². The van der Waals surface area contributed by atoms with Gasteiger partial charge < -0.3 is 5.11 Å². The molecule has 1 saturated carbocycles. The Balaban J connectivity index is 1.31. The van der Waals surface area contributed by atoms with Gasteiger partial charge in [-0.15, -0.1) is 29.3 Å². The first-order valence-electron chi connectivity index (χ1n) is 14.3. The van der Waals surface area contributed by atoms with Crippen LogP contribution in [0.4, 0.5) is 0 Å². The molecule has 0 spiro atoms. The quantitative estimate of drug-likeness (QED) is 0.295. The van der Waals surface area contributed by atoms with Crippen molar-refractivity contribution in [1.82, 2.24) is 9.80 Å².